The van der Waals surface area contributed by atoms with Gasteiger partial charge in [-0.05, 0) is 42.5 Å². The highest BCUT2D eigenvalue weighted by Crippen LogP contribution is 2.26. The summed E-state index contributed by atoms with van der Waals surface area (Å²) in [6.07, 6.45) is 0. The second-order valence-electron chi connectivity index (χ2n) is 5.56. The summed E-state index contributed by atoms with van der Waals surface area (Å²) in [6.45, 7) is 9.58. The lowest BCUT2D eigenvalue weighted by Crippen LogP contribution is -2.15. The first-order valence-corrected chi connectivity index (χ1v) is 5.99. The van der Waals surface area contributed by atoms with E-state index >= 15 is 0 Å². The summed E-state index contributed by atoms with van der Waals surface area (Å²) in [4.78, 5) is 22.4. The van der Waals surface area contributed by atoms with E-state index in [1.165, 1.54) is 12.5 Å². The Balaban J connectivity index is 2.91. The molecule has 0 radical (unpaired) electrons. The van der Waals surface area contributed by atoms with Crippen molar-refractivity contribution in [2.45, 2.75) is 40.0 Å². The van der Waals surface area contributed by atoms with Crippen molar-refractivity contribution >= 4 is 11.8 Å². The molecular weight excluding hydrogens is 228 g/mol. The Morgan fingerprint density at radius 3 is 2.28 bits per heavy atom. The number of ketones is 1. The van der Waals surface area contributed by atoms with Crippen molar-refractivity contribution in [1.82, 2.24) is 0 Å². The molecule has 18 heavy (non-hydrogen) atoms. The van der Waals surface area contributed by atoms with E-state index in [1.807, 2.05) is 19.1 Å². The lowest BCUT2D eigenvalue weighted by Gasteiger charge is -2.21. The van der Waals surface area contributed by atoms with Crippen molar-refractivity contribution in [3.05, 3.63) is 34.9 Å². The topological polar surface area (TPSA) is 43.4 Å². The predicted molar refractivity (Wildman–Crippen MR) is 70.8 cm³/mol. The van der Waals surface area contributed by atoms with Gasteiger partial charge in [0.05, 0.1) is 5.56 Å². The normalized spacial score (nSPS) is 11.2. The SMILES string of the molecule is CC(=O)COC(=O)c1ccc(C(C)(C)C)c(C)c1. The van der Waals surface area contributed by atoms with Crippen LogP contribution < -0.4 is 0 Å². The summed E-state index contributed by atoms with van der Waals surface area (Å²) in [7, 11) is 0. The van der Waals surface area contributed by atoms with Crippen molar-refractivity contribution in [3.63, 3.8) is 0 Å². The molecule has 0 aliphatic rings. The summed E-state index contributed by atoms with van der Waals surface area (Å²) in [6, 6.07) is 5.50. The number of hydrogen-bond acceptors (Lipinski definition) is 3. The average Bonchev–Trinajstić information content (AvgIpc) is 2.23. The van der Waals surface area contributed by atoms with Gasteiger partial charge in [0.15, 0.2) is 5.78 Å². The predicted octanol–water partition coefficient (Wildman–Crippen LogP) is 3.04. The molecule has 0 spiro atoms. The van der Waals surface area contributed by atoms with E-state index in [0.717, 1.165) is 5.56 Å². The zero-order valence-corrected chi connectivity index (χ0v) is 11.7. The van der Waals surface area contributed by atoms with E-state index in [4.69, 9.17) is 4.74 Å². The van der Waals surface area contributed by atoms with Crippen LogP contribution in [-0.2, 0) is 14.9 Å². The van der Waals surface area contributed by atoms with Crippen LogP contribution in [0.25, 0.3) is 0 Å². The standard InChI is InChI=1S/C15H20O3/c1-10-8-12(14(17)18-9-11(2)16)6-7-13(10)15(3,4)5/h6-8H,9H2,1-5H3. The number of Topliss-reactive ketones (excluding diaryl/α,β-unsaturated/α-hetero) is 1. The van der Waals surface area contributed by atoms with Gasteiger partial charge in [-0.3, -0.25) is 4.79 Å². The van der Waals surface area contributed by atoms with Crippen LogP contribution in [0.4, 0.5) is 0 Å². The molecule has 98 valence electrons. The van der Waals surface area contributed by atoms with Crippen LogP contribution in [0.3, 0.4) is 0 Å². The summed E-state index contributed by atoms with van der Waals surface area (Å²) < 4.78 is 4.88. The van der Waals surface area contributed by atoms with Gasteiger partial charge < -0.3 is 4.74 Å². The van der Waals surface area contributed by atoms with E-state index < -0.39 is 5.97 Å². The highest BCUT2D eigenvalue weighted by Gasteiger charge is 2.18. The third-order valence-corrected chi connectivity index (χ3v) is 2.68. The van der Waals surface area contributed by atoms with Crippen LogP contribution in [0.15, 0.2) is 18.2 Å². The van der Waals surface area contributed by atoms with Gasteiger partial charge in [-0.25, -0.2) is 4.79 Å². The van der Waals surface area contributed by atoms with Crippen LogP contribution in [0, 0.1) is 6.92 Å². The smallest absolute Gasteiger partial charge is 0.338 e. The molecule has 0 aromatic heterocycles. The van der Waals surface area contributed by atoms with Crippen molar-refractivity contribution < 1.29 is 14.3 Å². The molecule has 0 fully saturated rings. The van der Waals surface area contributed by atoms with Gasteiger partial charge in [-0.1, -0.05) is 26.8 Å². The Hall–Kier alpha value is -1.64. The van der Waals surface area contributed by atoms with Crippen LogP contribution in [0.5, 0.6) is 0 Å². The van der Waals surface area contributed by atoms with Crippen LogP contribution in [0.1, 0.15) is 49.2 Å². The van der Waals surface area contributed by atoms with Gasteiger partial charge in [0.2, 0.25) is 0 Å². The molecule has 0 unspecified atom stereocenters. The molecule has 1 aromatic carbocycles. The number of hydrogen-bond donors (Lipinski definition) is 0. The zero-order chi connectivity index (χ0) is 13.9. The van der Waals surface area contributed by atoms with E-state index in [9.17, 15) is 9.59 Å². The summed E-state index contributed by atoms with van der Waals surface area (Å²) in [5.41, 5.74) is 2.79. The van der Waals surface area contributed by atoms with Gasteiger partial charge in [0.25, 0.3) is 0 Å². The molecular formula is C15H20O3. The molecule has 0 aliphatic carbocycles. The fourth-order valence-corrected chi connectivity index (χ4v) is 1.88. The Bertz CT molecular complexity index is 467. The Morgan fingerprint density at radius 1 is 1.22 bits per heavy atom. The lowest BCUT2D eigenvalue weighted by atomic mass is 9.83. The van der Waals surface area contributed by atoms with Gasteiger partial charge in [-0.2, -0.15) is 0 Å². The van der Waals surface area contributed by atoms with Crippen molar-refractivity contribution in [1.29, 1.82) is 0 Å². The van der Waals surface area contributed by atoms with E-state index in [1.54, 1.807) is 6.07 Å². The molecule has 1 aromatic rings. The molecule has 0 bridgehead atoms. The van der Waals surface area contributed by atoms with Crippen LogP contribution in [0.2, 0.25) is 0 Å². The maximum Gasteiger partial charge on any atom is 0.338 e. The van der Waals surface area contributed by atoms with E-state index in [0.29, 0.717) is 5.56 Å². The summed E-state index contributed by atoms with van der Waals surface area (Å²) in [5, 5.41) is 0. The largest absolute Gasteiger partial charge is 0.454 e. The number of aryl methyl sites for hydroxylation is 1. The molecule has 0 N–H and O–H groups in total. The summed E-state index contributed by atoms with van der Waals surface area (Å²) >= 11 is 0. The number of esters is 1. The highest BCUT2D eigenvalue weighted by atomic mass is 16.5. The molecule has 0 saturated heterocycles. The quantitative estimate of drug-likeness (QED) is 0.772. The number of rotatable bonds is 3. The third kappa shape index (κ3) is 3.69. The second-order valence-corrected chi connectivity index (χ2v) is 5.56. The minimum absolute atomic E-state index is 0.0475. The second kappa shape index (κ2) is 5.34. The van der Waals surface area contributed by atoms with Crippen molar-refractivity contribution in [2.24, 2.45) is 0 Å². The highest BCUT2D eigenvalue weighted by molar-refractivity contribution is 5.91. The van der Waals surface area contributed by atoms with Gasteiger partial charge in [0, 0.05) is 0 Å². The number of benzene rings is 1. The maximum absolute atomic E-state index is 11.7. The fourth-order valence-electron chi connectivity index (χ4n) is 1.88. The van der Waals surface area contributed by atoms with E-state index in [-0.39, 0.29) is 17.8 Å². The molecule has 0 amide bonds. The minimum Gasteiger partial charge on any atom is -0.454 e. The summed E-state index contributed by atoms with van der Waals surface area (Å²) in [5.74, 6) is -0.611. The number of carbonyl (C=O) groups excluding carboxylic acids is 2. The first-order chi connectivity index (χ1) is 8.21. The molecule has 0 aliphatic heterocycles. The lowest BCUT2D eigenvalue weighted by molar-refractivity contribution is -0.120. The molecule has 0 heterocycles. The fraction of sp³-hybridized carbons (Fsp3) is 0.467. The first-order valence-electron chi connectivity index (χ1n) is 5.99. The Labute approximate surface area is 108 Å². The Kier molecular flexibility index (Phi) is 4.28. The zero-order valence-electron chi connectivity index (χ0n) is 11.7. The van der Waals surface area contributed by atoms with Crippen LogP contribution >= 0.6 is 0 Å². The van der Waals surface area contributed by atoms with Crippen molar-refractivity contribution in [2.75, 3.05) is 6.61 Å². The van der Waals surface area contributed by atoms with Crippen LogP contribution in [-0.4, -0.2) is 18.4 Å². The minimum atomic E-state index is -0.450. The molecule has 1 rings (SSSR count). The molecule has 3 nitrogen and oxygen atoms in total. The van der Waals surface area contributed by atoms with Gasteiger partial charge in [-0.15, -0.1) is 0 Å². The van der Waals surface area contributed by atoms with Crippen molar-refractivity contribution in [3.8, 4) is 0 Å². The van der Waals surface area contributed by atoms with Gasteiger partial charge in [0.1, 0.15) is 6.61 Å². The maximum atomic E-state index is 11.7. The number of carbonyl (C=O) groups is 2. The molecule has 0 atom stereocenters. The van der Waals surface area contributed by atoms with Gasteiger partial charge >= 0.3 is 5.97 Å². The van der Waals surface area contributed by atoms with E-state index in [2.05, 4.69) is 20.8 Å². The third-order valence-electron chi connectivity index (χ3n) is 2.68. The monoisotopic (exact) mass is 248 g/mol. The first kappa shape index (κ1) is 14.4. The average molecular weight is 248 g/mol. The number of ether oxygens (including phenoxy) is 1. The Morgan fingerprint density at radius 2 is 1.83 bits per heavy atom. The molecule has 3 heteroatoms. The molecule has 0 saturated carbocycles.